The van der Waals surface area contributed by atoms with Crippen LogP contribution >= 0.6 is 0 Å². The van der Waals surface area contributed by atoms with Gasteiger partial charge in [-0.15, -0.1) is 0 Å². The molecule has 4 unspecified atom stereocenters. The Morgan fingerprint density at radius 2 is 1.17 bits per heavy atom. The van der Waals surface area contributed by atoms with E-state index in [9.17, 15) is 42.4 Å². The van der Waals surface area contributed by atoms with Gasteiger partial charge < -0.3 is 70.2 Å². The van der Waals surface area contributed by atoms with Crippen molar-refractivity contribution < 1.29 is 83.9 Å². The van der Waals surface area contributed by atoms with Crippen LogP contribution in [0.4, 0.5) is 0 Å². The quantitative estimate of drug-likeness (QED) is 0.0901. The fourth-order valence-electron chi connectivity index (χ4n) is 5.44. The average Bonchev–Trinajstić information content (AvgIpc) is 2.97. The van der Waals surface area contributed by atoms with Crippen molar-refractivity contribution in [2.75, 3.05) is 26.4 Å². The van der Waals surface area contributed by atoms with Gasteiger partial charge in [0.2, 0.25) is 0 Å². The van der Waals surface area contributed by atoms with Gasteiger partial charge >= 0.3 is 20.6 Å². The van der Waals surface area contributed by atoms with E-state index in [2.05, 4.69) is 8.37 Å². The molecular formula is C23H44N4O18S2. The molecule has 13 N–H and O–H groups in total. The van der Waals surface area contributed by atoms with E-state index in [0.717, 1.165) is 0 Å². The van der Waals surface area contributed by atoms with E-state index in [1.165, 1.54) is 0 Å². The Morgan fingerprint density at radius 1 is 0.681 bits per heavy atom. The van der Waals surface area contributed by atoms with E-state index in [-0.39, 0.29) is 32.2 Å². The van der Waals surface area contributed by atoms with Gasteiger partial charge in [-0.25, -0.2) is 10.3 Å². The molecule has 47 heavy (non-hydrogen) atoms. The molecule has 0 bridgehead atoms. The summed E-state index contributed by atoms with van der Waals surface area (Å²) in [6, 6.07) is -2.62. The zero-order chi connectivity index (χ0) is 34.8. The number of nitrogens with two attached hydrogens (primary N) is 4. The Kier molecular flexibility index (Phi) is 13.3. The van der Waals surface area contributed by atoms with E-state index in [1.54, 1.807) is 6.92 Å². The largest absolute Gasteiger partial charge is 0.390 e. The molecule has 0 aromatic carbocycles. The lowest BCUT2D eigenvalue weighted by atomic mass is 9.96. The van der Waals surface area contributed by atoms with Crippen molar-refractivity contribution >= 4 is 20.6 Å². The normalized spacial score (nSPS) is 45.5. The Hall–Kier alpha value is -0.820. The SMILES string of the molecule is C[C@H]1C[C@H](O)[C@H](O[C@@H]2OC(COS(N)(=O)=O)[C@@H](O[C@@H]3C[C@H](O)[C@H](O[C@@H]4OC(COS(N)(=O)=O)[C@@H](O)[C@H](O)C4N)CO3)[C@H](O)C2N)CO1. The van der Waals surface area contributed by atoms with Crippen LogP contribution in [-0.2, 0) is 62.1 Å². The van der Waals surface area contributed by atoms with E-state index < -0.39 is 126 Å². The maximum absolute atomic E-state index is 11.5. The molecular weight excluding hydrogens is 684 g/mol. The molecule has 4 aliphatic rings. The first-order chi connectivity index (χ1) is 21.8. The summed E-state index contributed by atoms with van der Waals surface area (Å²) in [5, 5.41) is 62.6. The smallest absolute Gasteiger partial charge is 0.333 e. The lowest BCUT2D eigenvalue weighted by molar-refractivity contribution is -0.336. The lowest BCUT2D eigenvalue weighted by Gasteiger charge is -2.46. The topological polar surface area (TPSA) is 357 Å². The first-order valence-electron chi connectivity index (χ1n) is 14.6. The molecule has 0 saturated carbocycles. The first-order valence-corrected chi connectivity index (χ1v) is 17.5. The number of hydrogen-bond acceptors (Lipinski definition) is 20. The van der Waals surface area contributed by atoms with E-state index in [1.807, 2.05) is 0 Å². The van der Waals surface area contributed by atoms with Crippen LogP contribution in [0.1, 0.15) is 19.8 Å². The van der Waals surface area contributed by atoms with Crippen molar-refractivity contribution in [2.24, 2.45) is 21.7 Å². The minimum Gasteiger partial charge on any atom is -0.390 e. The van der Waals surface area contributed by atoms with Gasteiger partial charge in [-0.3, -0.25) is 8.37 Å². The molecule has 16 atom stereocenters. The maximum Gasteiger partial charge on any atom is 0.333 e. The van der Waals surface area contributed by atoms with Crippen LogP contribution in [0, 0.1) is 0 Å². The van der Waals surface area contributed by atoms with Crippen molar-refractivity contribution in [3.63, 3.8) is 0 Å². The lowest BCUT2D eigenvalue weighted by Crippen LogP contribution is -2.65. The Labute approximate surface area is 270 Å². The van der Waals surface area contributed by atoms with Crippen molar-refractivity contribution in [3.8, 4) is 0 Å². The summed E-state index contributed by atoms with van der Waals surface area (Å²) in [4.78, 5) is 0. The van der Waals surface area contributed by atoms with Crippen LogP contribution in [0.15, 0.2) is 0 Å². The maximum atomic E-state index is 11.5. The summed E-state index contributed by atoms with van der Waals surface area (Å²) in [6.45, 7) is -0.106. The summed E-state index contributed by atoms with van der Waals surface area (Å²) in [5.74, 6) is 0. The van der Waals surface area contributed by atoms with Crippen molar-refractivity contribution in [1.29, 1.82) is 0 Å². The van der Waals surface area contributed by atoms with Crippen LogP contribution in [-0.4, -0.2) is 167 Å². The number of aliphatic hydroxyl groups excluding tert-OH is 5. The van der Waals surface area contributed by atoms with Gasteiger partial charge in [0.05, 0.1) is 56.8 Å². The predicted molar refractivity (Wildman–Crippen MR) is 150 cm³/mol. The van der Waals surface area contributed by atoms with Gasteiger partial charge in [0.25, 0.3) is 0 Å². The third kappa shape index (κ3) is 10.6. The fraction of sp³-hybridized carbons (Fsp3) is 1.00. The number of hydrogen-bond donors (Lipinski definition) is 9. The highest BCUT2D eigenvalue weighted by atomic mass is 32.2. The van der Waals surface area contributed by atoms with Gasteiger partial charge in [-0.2, -0.15) is 16.8 Å². The summed E-state index contributed by atoms with van der Waals surface area (Å²) >= 11 is 0. The highest BCUT2D eigenvalue weighted by molar-refractivity contribution is 7.84. The minimum atomic E-state index is -4.46. The minimum absolute atomic E-state index is 0.000703. The number of rotatable bonds is 12. The van der Waals surface area contributed by atoms with Crippen LogP contribution in [0.3, 0.4) is 0 Å². The predicted octanol–water partition coefficient (Wildman–Crippen LogP) is -6.95. The summed E-state index contributed by atoms with van der Waals surface area (Å²) in [7, 11) is -8.87. The van der Waals surface area contributed by atoms with Crippen molar-refractivity contribution in [3.05, 3.63) is 0 Å². The molecule has 24 heteroatoms. The fourth-order valence-corrected chi connectivity index (χ4v) is 6.08. The number of ether oxygens (including phenoxy) is 7. The monoisotopic (exact) mass is 728 g/mol. The Bertz CT molecular complexity index is 1240. The van der Waals surface area contributed by atoms with Crippen molar-refractivity contribution in [2.45, 2.75) is 118 Å². The van der Waals surface area contributed by atoms with Crippen LogP contribution in [0.5, 0.6) is 0 Å². The van der Waals surface area contributed by atoms with E-state index >= 15 is 0 Å². The highest BCUT2D eigenvalue weighted by Crippen LogP contribution is 2.31. The zero-order valence-corrected chi connectivity index (χ0v) is 26.8. The summed E-state index contributed by atoms with van der Waals surface area (Å²) < 4.78 is 94.2. The van der Waals surface area contributed by atoms with Gasteiger partial charge in [0.15, 0.2) is 18.9 Å². The average molecular weight is 729 g/mol. The molecule has 0 radical (unpaired) electrons. The molecule has 0 aromatic rings. The third-order valence-corrected chi connectivity index (χ3v) is 8.98. The van der Waals surface area contributed by atoms with Gasteiger partial charge in [-0.1, -0.05) is 0 Å². The van der Waals surface area contributed by atoms with Gasteiger partial charge in [0, 0.05) is 12.8 Å². The molecule has 276 valence electrons. The Balaban J connectivity index is 1.37. The third-order valence-electron chi connectivity index (χ3n) is 8.05. The van der Waals surface area contributed by atoms with E-state index in [4.69, 9.17) is 54.9 Å². The van der Waals surface area contributed by atoms with E-state index in [0.29, 0.717) is 0 Å². The first kappa shape index (κ1) is 39.0. The molecule has 4 heterocycles. The summed E-state index contributed by atoms with van der Waals surface area (Å²) in [6.07, 6.45) is -17.7. The molecule has 0 aliphatic carbocycles. The zero-order valence-electron chi connectivity index (χ0n) is 25.1. The molecule has 22 nitrogen and oxygen atoms in total. The van der Waals surface area contributed by atoms with Crippen LogP contribution < -0.4 is 21.7 Å². The molecule has 4 aliphatic heterocycles. The van der Waals surface area contributed by atoms with Crippen LogP contribution in [0.2, 0.25) is 0 Å². The molecule has 4 rings (SSSR count). The van der Waals surface area contributed by atoms with Gasteiger partial charge in [-0.05, 0) is 6.92 Å². The molecule has 0 amide bonds. The second-order valence-corrected chi connectivity index (χ2v) is 14.2. The Morgan fingerprint density at radius 3 is 1.70 bits per heavy atom. The second-order valence-electron chi connectivity index (χ2n) is 11.7. The summed E-state index contributed by atoms with van der Waals surface area (Å²) in [5.41, 5.74) is 12.1. The molecule has 0 spiro atoms. The standard InChI is InChI=1S/C23H44N4O18S2/c1-8-2-9(28)11(4-37-8)41-23-17(25)20(32)21(14(44-23)7-40-47(27,35)36)45-15-3-10(29)12(5-38-15)42-22-16(24)19(31)18(30)13(43-22)6-39-46(26,33)34/h8-23,28-32H,2-7,24-25H2,1H3,(H2,26,33,34)(H2,27,35,36)/t8-,9-,10-,11+,12+,13?,14?,15+,16?,17?,18+,19+,20+,21+,22+,23+/m0/s1. The van der Waals surface area contributed by atoms with Crippen molar-refractivity contribution in [1.82, 2.24) is 0 Å². The van der Waals surface area contributed by atoms with Crippen LogP contribution in [0.25, 0.3) is 0 Å². The van der Waals surface area contributed by atoms with Gasteiger partial charge in [0.1, 0.15) is 48.8 Å². The highest BCUT2D eigenvalue weighted by Gasteiger charge is 2.50. The molecule has 4 fully saturated rings. The number of aliphatic hydroxyl groups is 5. The molecule has 4 saturated heterocycles. The molecule has 0 aromatic heterocycles. The second kappa shape index (κ2) is 16.0.